The highest BCUT2D eigenvalue weighted by atomic mass is 16.5. The van der Waals surface area contributed by atoms with E-state index in [1.54, 1.807) is 0 Å². The number of amides is 1. The Morgan fingerprint density at radius 3 is 2.59 bits per heavy atom. The van der Waals surface area contributed by atoms with Crippen LogP contribution in [0.4, 0.5) is 0 Å². The van der Waals surface area contributed by atoms with Crippen LogP contribution in [0.3, 0.4) is 0 Å². The molecule has 1 atom stereocenters. The number of carbonyl (C=O) groups is 1. The van der Waals surface area contributed by atoms with E-state index in [9.17, 15) is 4.79 Å². The average Bonchev–Trinajstić information content (AvgIpc) is 2.61. The van der Waals surface area contributed by atoms with E-state index in [2.05, 4.69) is 5.43 Å². The molecule has 0 aromatic carbocycles. The summed E-state index contributed by atoms with van der Waals surface area (Å²) < 4.78 is 5.81. The van der Waals surface area contributed by atoms with Gasteiger partial charge in [0.15, 0.2) is 0 Å². The van der Waals surface area contributed by atoms with Gasteiger partial charge in [-0.3, -0.25) is 10.2 Å². The first-order valence-electron chi connectivity index (χ1n) is 6.83. The number of carbonyl (C=O) groups excluding carboxylic acids is 1. The zero-order valence-corrected chi connectivity index (χ0v) is 10.9. The summed E-state index contributed by atoms with van der Waals surface area (Å²) in [6, 6.07) is 0. The van der Waals surface area contributed by atoms with Gasteiger partial charge in [-0.25, -0.2) is 5.84 Å². The van der Waals surface area contributed by atoms with Crippen molar-refractivity contribution in [2.45, 2.75) is 64.4 Å². The third-order valence-corrected chi connectivity index (χ3v) is 3.53. The summed E-state index contributed by atoms with van der Waals surface area (Å²) in [5.74, 6) is 5.64. The lowest BCUT2D eigenvalue weighted by Gasteiger charge is -2.18. The van der Waals surface area contributed by atoms with Gasteiger partial charge in [0, 0.05) is 13.0 Å². The fourth-order valence-electron chi connectivity index (χ4n) is 2.32. The van der Waals surface area contributed by atoms with Crippen LogP contribution in [0.5, 0.6) is 0 Å². The maximum absolute atomic E-state index is 11.0. The van der Waals surface area contributed by atoms with Crippen LogP contribution in [0.25, 0.3) is 0 Å². The van der Waals surface area contributed by atoms with Gasteiger partial charge in [0.25, 0.3) is 0 Å². The molecule has 0 aromatic rings. The smallest absolute Gasteiger partial charge is 0.233 e. The Balaban J connectivity index is 2.09. The van der Waals surface area contributed by atoms with Crippen molar-refractivity contribution >= 4 is 5.91 Å². The van der Waals surface area contributed by atoms with Gasteiger partial charge in [-0.05, 0) is 32.1 Å². The van der Waals surface area contributed by atoms with E-state index in [1.165, 1.54) is 38.5 Å². The van der Waals surface area contributed by atoms with Gasteiger partial charge in [0.2, 0.25) is 5.91 Å². The molecule has 1 aliphatic rings. The molecule has 17 heavy (non-hydrogen) atoms. The fourth-order valence-corrected chi connectivity index (χ4v) is 2.32. The van der Waals surface area contributed by atoms with Gasteiger partial charge in [-0.2, -0.15) is 0 Å². The molecule has 1 fully saturated rings. The van der Waals surface area contributed by atoms with Crippen molar-refractivity contribution < 1.29 is 9.53 Å². The summed E-state index contributed by atoms with van der Waals surface area (Å²) in [7, 11) is 0. The molecule has 0 aromatic heterocycles. The van der Waals surface area contributed by atoms with E-state index >= 15 is 0 Å². The molecule has 0 heterocycles. The Labute approximate surface area is 104 Å². The standard InChI is InChI=1S/C13H26N2O2/c1-11(8-9-13(16)15-14)17-10-12-6-4-2-3-5-7-12/h11-12H,2-10,14H2,1H3,(H,15,16). The van der Waals surface area contributed by atoms with Crippen LogP contribution in [0.15, 0.2) is 0 Å². The van der Waals surface area contributed by atoms with Crippen LogP contribution >= 0.6 is 0 Å². The monoisotopic (exact) mass is 242 g/mol. The number of hydrogen-bond donors (Lipinski definition) is 2. The minimum Gasteiger partial charge on any atom is -0.378 e. The number of nitrogens with two attached hydrogens (primary N) is 1. The van der Waals surface area contributed by atoms with Gasteiger partial charge in [-0.15, -0.1) is 0 Å². The topological polar surface area (TPSA) is 64.4 Å². The summed E-state index contributed by atoms with van der Waals surface area (Å²) in [5, 5.41) is 0. The molecule has 4 heteroatoms. The first-order valence-corrected chi connectivity index (χ1v) is 6.83. The van der Waals surface area contributed by atoms with Crippen LogP contribution in [0, 0.1) is 5.92 Å². The van der Waals surface area contributed by atoms with Crippen molar-refractivity contribution in [1.29, 1.82) is 0 Å². The predicted octanol–water partition coefficient (Wildman–Crippen LogP) is 2.13. The lowest BCUT2D eigenvalue weighted by Crippen LogP contribution is -2.30. The summed E-state index contributed by atoms with van der Waals surface area (Å²) in [6.45, 7) is 2.88. The molecule has 4 nitrogen and oxygen atoms in total. The molecule has 100 valence electrons. The zero-order valence-electron chi connectivity index (χ0n) is 10.9. The van der Waals surface area contributed by atoms with Crippen molar-refractivity contribution in [1.82, 2.24) is 5.43 Å². The van der Waals surface area contributed by atoms with E-state index in [-0.39, 0.29) is 12.0 Å². The summed E-state index contributed by atoms with van der Waals surface area (Å²) in [5.41, 5.74) is 2.14. The lowest BCUT2D eigenvalue weighted by molar-refractivity contribution is -0.121. The van der Waals surface area contributed by atoms with E-state index < -0.39 is 0 Å². The molecule has 1 amide bonds. The predicted molar refractivity (Wildman–Crippen MR) is 68.2 cm³/mol. The minimum atomic E-state index is -0.116. The highest BCUT2D eigenvalue weighted by molar-refractivity contribution is 5.75. The molecule has 0 saturated heterocycles. The molecular weight excluding hydrogens is 216 g/mol. The Bertz CT molecular complexity index is 213. The second kappa shape index (κ2) is 8.48. The molecule has 0 aliphatic heterocycles. The van der Waals surface area contributed by atoms with Crippen LogP contribution in [-0.2, 0) is 9.53 Å². The number of hydrogen-bond acceptors (Lipinski definition) is 3. The lowest BCUT2D eigenvalue weighted by atomic mass is 10.0. The van der Waals surface area contributed by atoms with Gasteiger partial charge in [0.1, 0.15) is 0 Å². The number of hydrazine groups is 1. The molecule has 1 unspecified atom stereocenters. The van der Waals surface area contributed by atoms with E-state index in [0.717, 1.165) is 18.9 Å². The Hall–Kier alpha value is -0.610. The van der Waals surface area contributed by atoms with Gasteiger partial charge >= 0.3 is 0 Å². The zero-order chi connectivity index (χ0) is 12.5. The maximum atomic E-state index is 11.0. The Kier molecular flexibility index (Phi) is 7.21. The average molecular weight is 242 g/mol. The highest BCUT2D eigenvalue weighted by Crippen LogP contribution is 2.23. The third kappa shape index (κ3) is 6.64. The SMILES string of the molecule is CC(CCC(=O)NN)OCC1CCCCCC1. The van der Waals surface area contributed by atoms with Crippen LogP contribution in [-0.4, -0.2) is 18.6 Å². The first-order chi connectivity index (χ1) is 8.22. The first kappa shape index (κ1) is 14.5. The largest absolute Gasteiger partial charge is 0.378 e. The Morgan fingerprint density at radius 1 is 1.35 bits per heavy atom. The fraction of sp³-hybridized carbons (Fsp3) is 0.923. The van der Waals surface area contributed by atoms with Gasteiger partial charge < -0.3 is 4.74 Å². The summed E-state index contributed by atoms with van der Waals surface area (Å²) >= 11 is 0. The van der Waals surface area contributed by atoms with Crippen molar-refractivity contribution in [3.63, 3.8) is 0 Å². The van der Waals surface area contributed by atoms with Crippen molar-refractivity contribution in [3.8, 4) is 0 Å². The number of nitrogens with one attached hydrogen (secondary N) is 1. The summed E-state index contributed by atoms with van der Waals surface area (Å²) in [4.78, 5) is 11.0. The van der Waals surface area contributed by atoms with Gasteiger partial charge in [0.05, 0.1) is 6.10 Å². The maximum Gasteiger partial charge on any atom is 0.233 e. The molecule has 3 N–H and O–H groups in total. The second-order valence-electron chi connectivity index (χ2n) is 5.11. The molecule has 1 saturated carbocycles. The highest BCUT2D eigenvalue weighted by Gasteiger charge is 2.14. The number of rotatable bonds is 6. The Morgan fingerprint density at radius 2 is 2.00 bits per heavy atom. The van der Waals surface area contributed by atoms with E-state index in [0.29, 0.717) is 6.42 Å². The third-order valence-electron chi connectivity index (χ3n) is 3.53. The van der Waals surface area contributed by atoms with Gasteiger partial charge in [-0.1, -0.05) is 25.7 Å². The molecule has 0 bridgehead atoms. The normalized spacial score (nSPS) is 19.6. The van der Waals surface area contributed by atoms with Crippen molar-refractivity contribution in [3.05, 3.63) is 0 Å². The van der Waals surface area contributed by atoms with E-state index in [1.807, 2.05) is 6.92 Å². The molecule has 0 radical (unpaired) electrons. The van der Waals surface area contributed by atoms with Crippen LogP contribution in [0.1, 0.15) is 58.3 Å². The number of ether oxygens (including phenoxy) is 1. The van der Waals surface area contributed by atoms with Crippen LogP contribution < -0.4 is 11.3 Å². The second-order valence-corrected chi connectivity index (χ2v) is 5.11. The van der Waals surface area contributed by atoms with E-state index in [4.69, 9.17) is 10.6 Å². The summed E-state index contributed by atoms with van der Waals surface area (Å²) in [6.07, 6.45) is 9.39. The van der Waals surface area contributed by atoms with Crippen molar-refractivity contribution in [2.75, 3.05) is 6.61 Å². The molecular formula is C13H26N2O2. The quantitative estimate of drug-likeness (QED) is 0.324. The van der Waals surface area contributed by atoms with Crippen LogP contribution in [0.2, 0.25) is 0 Å². The molecule has 0 spiro atoms. The molecule has 1 rings (SSSR count). The molecule has 1 aliphatic carbocycles. The van der Waals surface area contributed by atoms with Crippen molar-refractivity contribution in [2.24, 2.45) is 11.8 Å². The minimum absolute atomic E-state index is 0.116.